The maximum Gasteiger partial charge on any atom is 0.124 e. The summed E-state index contributed by atoms with van der Waals surface area (Å²) in [4.78, 5) is 0. The van der Waals surface area contributed by atoms with Crippen molar-refractivity contribution in [1.82, 2.24) is 0 Å². The van der Waals surface area contributed by atoms with E-state index in [9.17, 15) is 0 Å². The molecule has 72 valence electrons. The smallest absolute Gasteiger partial charge is 0.124 e. The average Bonchev–Trinajstić information content (AvgIpc) is 2.04. The van der Waals surface area contributed by atoms with E-state index in [0.717, 1.165) is 18.8 Å². The Kier molecular flexibility index (Phi) is 3.17. The van der Waals surface area contributed by atoms with Crippen LogP contribution in [0.2, 0.25) is 0 Å². The number of rotatable bonds is 0. The molecule has 0 saturated heterocycles. The molecule has 1 aliphatic rings. The van der Waals surface area contributed by atoms with Crippen LogP contribution in [0.4, 0.5) is 0 Å². The third-order valence-corrected chi connectivity index (χ3v) is 2.34. The predicted molar refractivity (Wildman–Crippen MR) is 55.5 cm³/mol. The maximum atomic E-state index is 5.97. The minimum atomic E-state index is 0. The number of hydrogen-bond donors (Lipinski definition) is 1. The molecular formula is C10H14ClNO. The van der Waals surface area contributed by atoms with Crippen LogP contribution >= 0.6 is 12.4 Å². The first kappa shape index (κ1) is 10.4. The number of fused-ring (bicyclic) bond motifs is 1. The molecule has 2 rings (SSSR count). The van der Waals surface area contributed by atoms with E-state index in [1.165, 1.54) is 11.1 Å². The second-order valence-corrected chi connectivity index (χ2v) is 3.23. The molecule has 0 aliphatic carbocycles. The van der Waals surface area contributed by atoms with Crippen molar-refractivity contribution in [1.29, 1.82) is 0 Å². The summed E-state index contributed by atoms with van der Waals surface area (Å²) in [5, 5.41) is 0. The van der Waals surface area contributed by atoms with Crippen LogP contribution in [0.3, 0.4) is 0 Å². The minimum absolute atomic E-state index is 0. The topological polar surface area (TPSA) is 35.2 Å². The molecule has 0 bridgehead atoms. The minimum Gasteiger partial charge on any atom is -0.493 e. The quantitative estimate of drug-likeness (QED) is 0.696. The molecule has 2 N–H and O–H groups in total. The van der Waals surface area contributed by atoms with Gasteiger partial charge in [0.15, 0.2) is 0 Å². The summed E-state index contributed by atoms with van der Waals surface area (Å²) in [5.74, 6) is 0.966. The highest BCUT2D eigenvalue weighted by atomic mass is 35.5. The third kappa shape index (κ3) is 1.79. The summed E-state index contributed by atoms with van der Waals surface area (Å²) >= 11 is 0. The van der Waals surface area contributed by atoms with E-state index < -0.39 is 0 Å². The van der Waals surface area contributed by atoms with Gasteiger partial charge in [-0.05, 0) is 18.6 Å². The molecule has 0 fully saturated rings. The Bertz CT molecular complexity index is 301. The van der Waals surface area contributed by atoms with Gasteiger partial charge in [-0.25, -0.2) is 0 Å². The molecule has 0 amide bonds. The SMILES string of the molecule is Cc1cccc2c1[C@@H](N)CCO2.Cl. The van der Waals surface area contributed by atoms with Crippen molar-refractivity contribution >= 4 is 12.4 Å². The van der Waals surface area contributed by atoms with Gasteiger partial charge in [-0.3, -0.25) is 0 Å². The third-order valence-electron chi connectivity index (χ3n) is 2.34. The summed E-state index contributed by atoms with van der Waals surface area (Å²) in [5.41, 5.74) is 8.39. The monoisotopic (exact) mass is 199 g/mol. The Labute approximate surface area is 84.5 Å². The molecule has 2 nitrogen and oxygen atoms in total. The van der Waals surface area contributed by atoms with Gasteiger partial charge in [0.1, 0.15) is 5.75 Å². The zero-order chi connectivity index (χ0) is 8.55. The standard InChI is InChI=1S/C10H13NO.ClH/c1-7-3-2-4-9-10(7)8(11)5-6-12-9;/h2-4,8H,5-6,11H2,1H3;1H/t8-;/m0./s1. The van der Waals surface area contributed by atoms with Crippen LogP contribution < -0.4 is 10.5 Å². The molecule has 1 aromatic rings. The van der Waals surface area contributed by atoms with Crippen molar-refractivity contribution in [2.45, 2.75) is 19.4 Å². The van der Waals surface area contributed by atoms with Crippen LogP contribution in [-0.4, -0.2) is 6.61 Å². The number of nitrogens with two attached hydrogens (primary N) is 1. The lowest BCUT2D eigenvalue weighted by molar-refractivity contribution is 0.268. The normalized spacial score (nSPS) is 19.7. The van der Waals surface area contributed by atoms with Gasteiger partial charge in [0.2, 0.25) is 0 Å². The molecule has 0 radical (unpaired) electrons. The molecule has 0 spiro atoms. The first-order chi connectivity index (χ1) is 5.79. The number of halogens is 1. The number of ether oxygens (including phenoxy) is 1. The maximum absolute atomic E-state index is 5.97. The second kappa shape index (κ2) is 3.99. The summed E-state index contributed by atoms with van der Waals surface area (Å²) < 4.78 is 5.49. The van der Waals surface area contributed by atoms with E-state index in [1.807, 2.05) is 12.1 Å². The van der Waals surface area contributed by atoms with Crippen molar-refractivity contribution < 1.29 is 4.74 Å². The van der Waals surface area contributed by atoms with Gasteiger partial charge < -0.3 is 10.5 Å². The molecule has 0 aromatic heterocycles. The highest BCUT2D eigenvalue weighted by molar-refractivity contribution is 5.85. The predicted octanol–water partition coefficient (Wildman–Crippen LogP) is 2.20. The average molecular weight is 200 g/mol. The van der Waals surface area contributed by atoms with E-state index in [0.29, 0.717) is 0 Å². The van der Waals surface area contributed by atoms with E-state index in [-0.39, 0.29) is 18.4 Å². The molecule has 1 heterocycles. The Hall–Kier alpha value is -0.730. The lowest BCUT2D eigenvalue weighted by Crippen LogP contribution is -2.21. The van der Waals surface area contributed by atoms with Crippen molar-refractivity contribution in [3.05, 3.63) is 29.3 Å². The van der Waals surface area contributed by atoms with Crippen molar-refractivity contribution in [3.8, 4) is 5.75 Å². The summed E-state index contributed by atoms with van der Waals surface area (Å²) in [7, 11) is 0. The molecule has 13 heavy (non-hydrogen) atoms. The highest BCUT2D eigenvalue weighted by Gasteiger charge is 2.18. The van der Waals surface area contributed by atoms with Gasteiger partial charge in [-0.2, -0.15) is 0 Å². The van der Waals surface area contributed by atoms with E-state index in [4.69, 9.17) is 10.5 Å². The van der Waals surface area contributed by atoms with Gasteiger partial charge in [0.25, 0.3) is 0 Å². The fourth-order valence-corrected chi connectivity index (χ4v) is 1.69. The van der Waals surface area contributed by atoms with Crippen LogP contribution in [0.15, 0.2) is 18.2 Å². The first-order valence-corrected chi connectivity index (χ1v) is 4.27. The molecule has 1 atom stereocenters. The lowest BCUT2D eigenvalue weighted by atomic mass is 9.97. The van der Waals surface area contributed by atoms with Crippen molar-refractivity contribution in [3.63, 3.8) is 0 Å². The van der Waals surface area contributed by atoms with E-state index >= 15 is 0 Å². The number of benzene rings is 1. The van der Waals surface area contributed by atoms with Crippen molar-refractivity contribution in [2.75, 3.05) is 6.61 Å². The van der Waals surface area contributed by atoms with Gasteiger partial charge >= 0.3 is 0 Å². The number of aryl methyl sites for hydroxylation is 1. The zero-order valence-corrected chi connectivity index (χ0v) is 8.43. The Morgan fingerprint density at radius 3 is 2.92 bits per heavy atom. The van der Waals surface area contributed by atoms with Crippen LogP contribution in [0, 0.1) is 6.92 Å². The largest absolute Gasteiger partial charge is 0.493 e. The Morgan fingerprint density at radius 2 is 2.23 bits per heavy atom. The highest BCUT2D eigenvalue weighted by Crippen LogP contribution is 2.32. The molecule has 0 unspecified atom stereocenters. The van der Waals surface area contributed by atoms with E-state index in [1.54, 1.807) is 0 Å². The zero-order valence-electron chi connectivity index (χ0n) is 7.62. The van der Waals surface area contributed by atoms with Gasteiger partial charge in [-0.15, -0.1) is 12.4 Å². The van der Waals surface area contributed by atoms with Gasteiger partial charge in [-0.1, -0.05) is 12.1 Å². The summed E-state index contributed by atoms with van der Waals surface area (Å²) in [6, 6.07) is 6.23. The lowest BCUT2D eigenvalue weighted by Gasteiger charge is -2.24. The molecule has 1 aliphatic heterocycles. The molecule has 1 aromatic carbocycles. The van der Waals surface area contributed by atoms with Gasteiger partial charge in [0.05, 0.1) is 6.61 Å². The number of hydrogen-bond acceptors (Lipinski definition) is 2. The fourth-order valence-electron chi connectivity index (χ4n) is 1.69. The van der Waals surface area contributed by atoms with Crippen LogP contribution in [0.1, 0.15) is 23.6 Å². The van der Waals surface area contributed by atoms with Crippen LogP contribution in [-0.2, 0) is 0 Å². The summed E-state index contributed by atoms with van der Waals surface area (Å²) in [6.45, 7) is 2.82. The Morgan fingerprint density at radius 1 is 1.46 bits per heavy atom. The van der Waals surface area contributed by atoms with Crippen LogP contribution in [0.5, 0.6) is 5.75 Å². The Balaban J connectivity index is 0.000000845. The first-order valence-electron chi connectivity index (χ1n) is 4.27. The van der Waals surface area contributed by atoms with Crippen molar-refractivity contribution in [2.24, 2.45) is 5.73 Å². The van der Waals surface area contributed by atoms with Gasteiger partial charge in [0, 0.05) is 18.0 Å². The fraction of sp³-hybridized carbons (Fsp3) is 0.400. The van der Waals surface area contributed by atoms with E-state index in [2.05, 4.69) is 13.0 Å². The molecule has 0 saturated carbocycles. The van der Waals surface area contributed by atoms with Crippen LogP contribution in [0.25, 0.3) is 0 Å². The second-order valence-electron chi connectivity index (χ2n) is 3.23. The molecule has 3 heteroatoms. The summed E-state index contributed by atoms with van der Waals surface area (Å²) in [6.07, 6.45) is 0.928. The molecular weight excluding hydrogens is 186 g/mol.